The zero-order valence-electron chi connectivity index (χ0n) is 16.9. The highest BCUT2D eigenvalue weighted by molar-refractivity contribution is 5.84. The Hall–Kier alpha value is -3.09. The van der Waals surface area contributed by atoms with E-state index in [-0.39, 0.29) is 18.5 Å². The SMILES string of the molecule is CCN(Cc1ccccc1)C(=O)CNC(=O)NCc1ccnc(N2CCCC2)c1. The summed E-state index contributed by atoms with van der Waals surface area (Å²) in [6, 6.07) is 13.4. The average molecular weight is 396 g/mol. The molecule has 2 N–H and O–H groups in total. The van der Waals surface area contributed by atoms with Gasteiger partial charge in [-0.25, -0.2) is 9.78 Å². The Labute approximate surface area is 172 Å². The van der Waals surface area contributed by atoms with Crippen molar-refractivity contribution < 1.29 is 9.59 Å². The second kappa shape index (κ2) is 10.5. The predicted octanol–water partition coefficient (Wildman–Crippen LogP) is 2.53. The zero-order chi connectivity index (χ0) is 20.5. The van der Waals surface area contributed by atoms with Gasteiger partial charge in [-0.3, -0.25) is 4.79 Å². The molecule has 0 spiro atoms. The molecule has 3 amide bonds. The minimum absolute atomic E-state index is 0.0259. The normalized spacial score (nSPS) is 13.2. The first-order valence-electron chi connectivity index (χ1n) is 10.2. The molecule has 1 aliphatic rings. The molecule has 0 radical (unpaired) electrons. The van der Waals surface area contributed by atoms with Crippen molar-refractivity contribution in [1.29, 1.82) is 0 Å². The van der Waals surface area contributed by atoms with Gasteiger partial charge in [0.2, 0.25) is 5.91 Å². The lowest BCUT2D eigenvalue weighted by Gasteiger charge is -2.21. The first-order chi connectivity index (χ1) is 14.2. The number of carbonyl (C=O) groups is 2. The van der Waals surface area contributed by atoms with Crippen LogP contribution in [-0.2, 0) is 17.9 Å². The molecule has 1 saturated heterocycles. The van der Waals surface area contributed by atoms with Crippen molar-refractivity contribution in [2.75, 3.05) is 31.1 Å². The number of hydrogen-bond acceptors (Lipinski definition) is 4. The van der Waals surface area contributed by atoms with E-state index in [1.165, 1.54) is 12.8 Å². The Bertz CT molecular complexity index is 806. The molecule has 2 heterocycles. The molecular formula is C22H29N5O2. The minimum Gasteiger partial charge on any atom is -0.357 e. The number of nitrogens with zero attached hydrogens (tertiary/aromatic N) is 3. The predicted molar refractivity (Wildman–Crippen MR) is 113 cm³/mol. The number of carbonyl (C=O) groups excluding carboxylic acids is 2. The maximum Gasteiger partial charge on any atom is 0.315 e. The van der Waals surface area contributed by atoms with Crippen LogP contribution in [-0.4, -0.2) is 48.0 Å². The van der Waals surface area contributed by atoms with Gasteiger partial charge in [0.25, 0.3) is 0 Å². The van der Waals surface area contributed by atoms with Crippen LogP contribution in [0.3, 0.4) is 0 Å². The van der Waals surface area contributed by atoms with Gasteiger partial charge in [-0.1, -0.05) is 30.3 Å². The van der Waals surface area contributed by atoms with Crippen molar-refractivity contribution in [3.63, 3.8) is 0 Å². The number of likely N-dealkylation sites (N-methyl/N-ethyl adjacent to an activating group) is 1. The van der Waals surface area contributed by atoms with Crippen LogP contribution in [0.25, 0.3) is 0 Å². The molecule has 0 unspecified atom stereocenters. The first-order valence-corrected chi connectivity index (χ1v) is 10.2. The Morgan fingerprint density at radius 3 is 2.55 bits per heavy atom. The average Bonchev–Trinajstić information content (AvgIpc) is 3.30. The van der Waals surface area contributed by atoms with Gasteiger partial charge >= 0.3 is 6.03 Å². The number of rotatable bonds is 8. The van der Waals surface area contributed by atoms with E-state index in [2.05, 4.69) is 20.5 Å². The number of hydrogen-bond donors (Lipinski definition) is 2. The Kier molecular flexibility index (Phi) is 7.44. The fraction of sp³-hybridized carbons (Fsp3) is 0.409. The zero-order valence-corrected chi connectivity index (χ0v) is 16.9. The second-order valence-corrected chi connectivity index (χ2v) is 7.15. The van der Waals surface area contributed by atoms with E-state index in [4.69, 9.17) is 0 Å². The molecule has 3 rings (SSSR count). The quantitative estimate of drug-likeness (QED) is 0.720. The van der Waals surface area contributed by atoms with Crippen LogP contribution in [0.5, 0.6) is 0 Å². The molecule has 7 nitrogen and oxygen atoms in total. The van der Waals surface area contributed by atoms with Gasteiger partial charge in [-0.15, -0.1) is 0 Å². The van der Waals surface area contributed by atoms with Gasteiger partial charge in [0.05, 0.1) is 6.54 Å². The van der Waals surface area contributed by atoms with Crippen molar-refractivity contribution in [1.82, 2.24) is 20.5 Å². The van der Waals surface area contributed by atoms with Gasteiger partial charge in [0, 0.05) is 38.9 Å². The lowest BCUT2D eigenvalue weighted by molar-refractivity contribution is -0.130. The van der Waals surface area contributed by atoms with Crippen LogP contribution in [0.1, 0.15) is 30.9 Å². The second-order valence-electron chi connectivity index (χ2n) is 7.15. The number of benzene rings is 1. The lowest BCUT2D eigenvalue weighted by atomic mass is 10.2. The van der Waals surface area contributed by atoms with Crippen LogP contribution in [0.2, 0.25) is 0 Å². The van der Waals surface area contributed by atoms with Crippen molar-refractivity contribution in [3.8, 4) is 0 Å². The van der Waals surface area contributed by atoms with Crippen LogP contribution in [0.4, 0.5) is 10.6 Å². The molecule has 0 aliphatic carbocycles. The molecule has 1 aromatic heterocycles. The fourth-order valence-corrected chi connectivity index (χ4v) is 3.38. The van der Waals surface area contributed by atoms with Gasteiger partial charge < -0.3 is 20.4 Å². The van der Waals surface area contributed by atoms with E-state index in [0.29, 0.717) is 19.6 Å². The Morgan fingerprint density at radius 2 is 1.83 bits per heavy atom. The number of amides is 3. The summed E-state index contributed by atoms with van der Waals surface area (Å²) in [6.45, 7) is 5.49. The summed E-state index contributed by atoms with van der Waals surface area (Å²) in [5.41, 5.74) is 2.06. The molecule has 29 heavy (non-hydrogen) atoms. The molecule has 0 atom stereocenters. The van der Waals surface area contributed by atoms with Crippen LogP contribution in [0, 0.1) is 0 Å². The van der Waals surface area contributed by atoms with E-state index in [0.717, 1.165) is 30.0 Å². The van der Waals surface area contributed by atoms with Gasteiger partial charge in [-0.2, -0.15) is 0 Å². The number of nitrogens with one attached hydrogen (secondary N) is 2. The molecule has 0 bridgehead atoms. The third-order valence-electron chi connectivity index (χ3n) is 5.04. The molecule has 2 aromatic rings. The van der Waals surface area contributed by atoms with E-state index in [9.17, 15) is 9.59 Å². The standard InChI is InChI=1S/C22H29N5O2/c1-2-26(17-18-8-4-3-5-9-18)21(28)16-25-22(29)24-15-19-10-11-23-20(14-19)27-12-6-7-13-27/h3-5,8-11,14H,2,6-7,12-13,15-17H2,1H3,(H2,24,25,29). The maximum atomic E-state index is 12.4. The van der Waals surface area contributed by atoms with E-state index in [1.807, 2.05) is 49.4 Å². The summed E-state index contributed by atoms with van der Waals surface area (Å²) in [7, 11) is 0. The molecule has 154 valence electrons. The minimum atomic E-state index is -0.353. The molecule has 7 heteroatoms. The topological polar surface area (TPSA) is 77.6 Å². The van der Waals surface area contributed by atoms with Crippen molar-refractivity contribution in [3.05, 3.63) is 59.8 Å². The summed E-state index contributed by atoms with van der Waals surface area (Å²) < 4.78 is 0. The first kappa shape index (κ1) is 20.6. The van der Waals surface area contributed by atoms with Crippen LogP contribution in [0.15, 0.2) is 48.7 Å². The van der Waals surface area contributed by atoms with E-state index < -0.39 is 0 Å². The number of urea groups is 1. The number of anilines is 1. The van der Waals surface area contributed by atoms with E-state index >= 15 is 0 Å². The van der Waals surface area contributed by atoms with Gasteiger partial charge in [0.15, 0.2) is 0 Å². The molecule has 1 aliphatic heterocycles. The molecule has 1 aromatic carbocycles. The largest absolute Gasteiger partial charge is 0.357 e. The summed E-state index contributed by atoms with van der Waals surface area (Å²) in [4.78, 5) is 32.9. The van der Waals surface area contributed by atoms with Crippen molar-refractivity contribution >= 4 is 17.8 Å². The van der Waals surface area contributed by atoms with E-state index in [1.54, 1.807) is 11.1 Å². The van der Waals surface area contributed by atoms with Gasteiger partial charge in [0.1, 0.15) is 5.82 Å². The highest BCUT2D eigenvalue weighted by atomic mass is 16.2. The third kappa shape index (κ3) is 6.20. The third-order valence-corrected chi connectivity index (χ3v) is 5.04. The summed E-state index contributed by atoms with van der Waals surface area (Å²) >= 11 is 0. The lowest BCUT2D eigenvalue weighted by Crippen LogP contribution is -2.43. The van der Waals surface area contributed by atoms with Crippen molar-refractivity contribution in [2.45, 2.75) is 32.9 Å². The van der Waals surface area contributed by atoms with Crippen molar-refractivity contribution in [2.24, 2.45) is 0 Å². The Balaban J connectivity index is 1.43. The monoisotopic (exact) mass is 395 g/mol. The maximum absolute atomic E-state index is 12.4. The smallest absolute Gasteiger partial charge is 0.315 e. The van der Waals surface area contributed by atoms with Crippen LogP contribution < -0.4 is 15.5 Å². The molecule has 1 fully saturated rings. The summed E-state index contributed by atoms with van der Waals surface area (Å²) in [5, 5.41) is 5.47. The Morgan fingerprint density at radius 1 is 1.07 bits per heavy atom. The molecular weight excluding hydrogens is 366 g/mol. The number of aromatic nitrogens is 1. The molecule has 0 saturated carbocycles. The fourth-order valence-electron chi connectivity index (χ4n) is 3.38. The highest BCUT2D eigenvalue weighted by Gasteiger charge is 2.15. The van der Waals surface area contributed by atoms with Crippen LogP contribution >= 0.6 is 0 Å². The highest BCUT2D eigenvalue weighted by Crippen LogP contribution is 2.18. The number of pyridine rings is 1. The van der Waals surface area contributed by atoms with Gasteiger partial charge in [-0.05, 0) is 43.0 Å². The summed E-state index contributed by atoms with van der Waals surface area (Å²) in [5.74, 6) is 0.851. The summed E-state index contributed by atoms with van der Waals surface area (Å²) in [6.07, 6.45) is 4.16.